The van der Waals surface area contributed by atoms with E-state index in [1.54, 1.807) is 5.57 Å². The molecule has 1 saturated carbocycles. The second-order valence-electron chi connectivity index (χ2n) is 5.27. The van der Waals surface area contributed by atoms with Gasteiger partial charge < -0.3 is 9.47 Å². The maximum Gasteiger partial charge on any atom is 0.160 e. The summed E-state index contributed by atoms with van der Waals surface area (Å²) in [7, 11) is 0. The van der Waals surface area contributed by atoms with E-state index in [0.717, 1.165) is 19.6 Å². The van der Waals surface area contributed by atoms with Gasteiger partial charge in [-0.05, 0) is 52.9 Å². The first-order valence-corrected chi connectivity index (χ1v) is 6.98. The second-order valence-corrected chi connectivity index (χ2v) is 5.27. The average Bonchev–Trinajstić information content (AvgIpc) is 2.29. The van der Waals surface area contributed by atoms with Crippen molar-refractivity contribution in [3.05, 3.63) is 11.1 Å². The quantitative estimate of drug-likeness (QED) is 0.530. The normalized spacial score (nSPS) is 25.4. The molecule has 0 spiro atoms. The summed E-state index contributed by atoms with van der Waals surface area (Å²) in [6.07, 6.45) is 3.65. The molecule has 17 heavy (non-hydrogen) atoms. The molecule has 0 heterocycles. The van der Waals surface area contributed by atoms with Crippen LogP contribution in [-0.2, 0) is 9.47 Å². The second kappa shape index (κ2) is 7.17. The van der Waals surface area contributed by atoms with Crippen LogP contribution >= 0.6 is 0 Å². The van der Waals surface area contributed by atoms with Crippen LogP contribution in [0.2, 0.25) is 0 Å². The van der Waals surface area contributed by atoms with Gasteiger partial charge in [0.1, 0.15) is 0 Å². The van der Waals surface area contributed by atoms with Crippen LogP contribution in [0.4, 0.5) is 0 Å². The van der Waals surface area contributed by atoms with Crippen LogP contribution in [-0.4, -0.2) is 19.5 Å². The average molecular weight is 240 g/mol. The first-order valence-electron chi connectivity index (χ1n) is 6.98. The largest absolute Gasteiger partial charge is 0.353 e. The van der Waals surface area contributed by atoms with E-state index >= 15 is 0 Å². The summed E-state index contributed by atoms with van der Waals surface area (Å²) in [5.41, 5.74) is 3.09. The van der Waals surface area contributed by atoms with E-state index in [9.17, 15) is 0 Å². The van der Waals surface area contributed by atoms with Gasteiger partial charge in [-0.2, -0.15) is 0 Å². The first kappa shape index (κ1) is 14.7. The molecule has 0 amide bonds. The fourth-order valence-electron chi connectivity index (χ4n) is 2.65. The molecule has 1 aliphatic carbocycles. The highest BCUT2D eigenvalue weighted by molar-refractivity contribution is 5.13. The van der Waals surface area contributed by atoms with Gasteiger partial charge in [0.05, 0.1) is 0 Å². The number of ether oxygens (including phenoxy) is 2. The molecule has 1 fully saturated rings. The Balaban J connectivity index is 2.72. The zero-order valence-corrected chi connectivity index (χ0v) is 12.1. The monoisotopic (exact) mass is 240 g/mol. The highest BCUT2D eigenvalue weighted by Gasteiger charge is 2.32. The maximum absolute atomic E-state index is 5.78. The SMILES string of the molecule is CCOC(OCC)C1CC(=C(C)C)CCC1C. The predicted octanol–water partition coefficient (Wildman–Crippen LogP) is 4.16. The lowest BCUT2D eigenvalue weighted by atomic mass is 9.76. The zero-order valence-electron chi connectivity index (χ0n) is 12.1. The smallest absolute Gasteiger partial charge is 0.160 e. The molecule has 1 rings (SSSR count). The van der Waals surface area contributed by atoms with Crippen molar-refractivity contribution >= 4 is 0 Å². The summed E-state index contributed by atoms with van der Waals surface area (Å²) in [6.45, 7) is 12.3. The van der Waals surface area contributed by atoms with Gasteiger partial charge in [0.25, 0.3) is 0 Å². The number of allylic oxidation sites excluding steroid dienone is 2. The molecule has 2 atom stereocenters. The summed E-state index contributed by atoms with van der Waals surface area (Å²) >= 11 is 0. The topological polar surface area (TPSA) is 18.5 Å². The van der Waals surface area contributed by atoms with Crippen molar-refractivity contribution in [3.63, 3.8) is 0 Å². The number of hydrogen-bond acceptors (Lipinski definition) is 2. The number of hydrogen-bond donors (Lipinski definition) is 0. The van der Waals surface area contributed by atoms with E-state index in [4.69, 9.17) is 9.47 Å². The minimum Gasteiger partial charge on any atom is -0.353 e. The van der Waals surface area contributed by atoms with Crippen LogP contribution in [0.1, 0.15) is 53.9 Å². The van der Waals surface area contributed by atoms with Crippen LogP contribution < -0.4 is 0 Å². The third kappa shape index (κ3) is 4.11. The van der Waals surface area contributed by atoms with Crippen molar-refractivity contribution in [2.75, 3.05) is 13.2 Å². The summed E-state index contributed by atoms with van der Waals surface area (Å²) in [5, 5.41) is 0. The molecule has 0 aromatic carbocycles. The van der Waals surface area contributed by atoms with Gasteiger partial charge in [-0.1, -0.05) is 18.1 Å². The first-order chi connectivity index (χ1) is 8.10. The molecule has 0 radical (unpaired) electrons. The van der Waals surface area contributed by atoms with Crippen molar-refractivity contribution in [1.82, 2.24) is 0 Å². The van der Waals surface area contributed by atoms with Crippen molar-refractivity contribution in [1.29, 1.82) is 0 Å². The van der Waals surface area contributed by atoms with Gasteiger partial charge >= 0.3 is 0 Å². The molecule has 0 bridgehead atoms. The lowest BCUT2D eigenvalue weighted by Gasteiger charge is -2.36. The zero-order chi connectivity index (χ0) is 12.8. The van der Waals surface area contributed by atoms with Gasteiger partial charge in [0.2, 0.25) is 0 Å². The van der Waals surface area contributed by atoms with Crippen molar-refractivity contribution in [2.45, 2.75) is 60.2 Å². The third-order valence-electron chi connectivity index (χ3n) is 3.83. The molecule has 100 valence electrons. The van der Waals surface area contributed by atoms with E-state index < -0.39 is 0 Å². The molecule has 0 aromatic rings. The van der Waals surface area contributed by atoms with Gasteiger partial charge in [-0.25, -0.2) is 0 Å². The summed E-state index contributed by atoms with van der Waals surface area (Å²) < 4.78 is 11.6. The predicted molar refractivity (Wildman–Crippen MR) is 71.9 cm³/mol. The lowest BCUT2D eigenvalue weighted by Crippen LogP contribution is -2.34. The van der Waals surface area contributed by atoms with Gasteiger partial charge in [0.15, 0.2) is 6.29 Å². The van der Waals surface area contributed by atoms with Crippen LogP contribution in [0, 0.1) is 11.8 Å². The molecule has 0 aromatic heterocycles. The molecule has 2 heteroatoms. The molecule has 0 N–H and O–H groups in total. The van der Waals surface area contributed by atoms with Crippen LogP contribution in [0.15, 0.2) is 11.1 Å². The van der Waals surface area contributed by atoms with Gasteiger partial charge in [0, 0.05) is 19.1 Å². The Labute approximate surface area is 106 Å². The molecule has 2 unspecified atom stereocenters. The Morgan fingerprint density at radius 2 is 1.82 bits per heavy atom. The standard InChI is InChI=1S/C15H28O2/c1-6-16-15(17-7-2)14-10-13(11(3)4)9-8-12(14)5/h12,14-15H,6-10H2,1-5H3. The Morgan fingerprint density at radius 3 is 2.29 bits per heavy atom. The molecule has 0 aliphatic heterocycles. The molecular weight excluding hydrogens is 212 g/mol. The van der Waals surface area contributed by atoms with Crippen molar-refractivity contribution < 1.29 is 9.47 Å². The van der Waals surface area contributed by atoms with E-state index in [1.807, 2.05) is 13.8 Å². The van der Waals surface area contributed by atoms with Crippen LogP contribution in [0.5, 0.6) is 0 Å². The van der Waals surface area contributed by atoms with Gasteiger partial charge in [-0.3, -0.25) is 0 Å². The Hall–Kier alpha value is -0.340. The molecule has 0 saturated heterocycles. The fraction of sp³-hybridized carbons (Fsp3) is 0.867. The van der Waals surface area contributed by atoms with Crippen LogP contribution in [0.25, 0.3) is 0 Å². The van der Waals surface area contributed by atoms with E-state index in [-0.39, 0.29) is 6.29 Å². The highest BCUT2D eigenvalue weighted by atomic mass is 16.7. The molecule has 1 aliphatic rings. The van der Waals surface area contributed by atoms with Crippen molar-refractivity contribution in [3.8, 4) is 0 Å². The maximum atomic E-state index is 5.78. The number of rotatable bonds is 5. The Kier molecular flexibility index (Phi) is 6.21. The molecule has 2 nitrogen and oxygen atoms in total. The Bertz CT molecular complexity index is 248. The van der Waals surface area contributed by atoms with E-state index in [2.05, 4.69) is 20.8 Å². The fourth-order valence-corrected chi connectivity index (χ4v) is 2.65. The minimum absolute atomic E-state index is 0.0188. The summed E-state index contributed by atoms with van der Waals surface area (Å²) in [6, 6.07) is 0. The van der Waals surface area contributed by atoms with Crippen molar-refractivity contribution in [2.24, 2.45) is 11.8 Å². The van der Waals surface area contributed by atoms with Gasteiger partial charge in [-0.15, -0.1) is 0 Å². The molecular formula is C15H28O2. The van der Waals surface area contributed by atoms with E-state index in [1.165, 1.54) is 18.4 Å². The lowest BCUT2D eigenvalue weighted by molar-refractivity contribution is -0.178. The minimum atomic E-state index is -0.0188. The van der Waals surface area contributed by atoms with E-state index in [0.29, 0.717) is 11.8 Å². The summed E-state index contributed by atoms with van der Waals surface area (Å²) in [4.78, 5) is 0. The van der Waals surface area contributed by atoms with Crippen LogP contribution in [0.3, 0.4) is 0 Å². The Morgan fingerprint density at radius 1 is 1.24 bits per heavy atom. The summed E-state index contributed by atoms with van der Waals surface area (Å²) in [5.74, 6) is 1.22. The third-order valence-corrected chi connectivity index (χ3v) is 3.83. The highest BCUT2D eigenvalue weighted by Crippen LogP contribution is 2.37.